The quantitative estimate of drug-likeness (QED) is 0.734. The lowest BCUT2D eigenvalue weighted by atomic mass is 10.2. The average molecular weight is 287 g/mol. The third-order valence-corrected chi connectivity index (χ3v) is 3.38. The van der Waals surface area contributed by atoms with Gasteiger partial charge in [0.25, 0.3) is 0 Å². The third-order valence-electron chi connectivity index (χ3n) is 3.38. The Morgan fingerprint density at radius 1 is 1.43 bits per heavy atom. The molecule has 0 saturated heterocycles. The van der Waals surface area contributed by atoms with E-state index in [0.717, 1.165) is 0 Å². The normalized spacial score (nSPS) is 11.1. The van der Waals surface area contributed by atoms with Gasteiger partial charge in [0, 0.05) is 6.54 Å². The van der Waals surface area contributed by atoms with E-state index in [1.165, 1.54) is 10.6 Å². The van der Waals surface area contributed by atoms with Gasteiger partial charge in [-0.25, -0.2) is 9.59 Å². The zero-order chi connectivity index (χ0) is 15.0. The van der Waals surface area contributed by atoms with Crippen LogP contribution < -0.4 is 5.69 Å². The highest BCUT2D eigenvalue weighted by atomic mass is 16.4. The van der Waals surface area contributed by atoms with Crippen molar-refractivity contribution in [3.05, 3.63) is 46.4 Å². The maximum Gasteiger partial charge on any atom is 0.337 e. The van der Waals surface area contributed by atoms with Crippen LogP contribution in [0.15, 0.2) is 29.3 Å². The maximum absolute atomic E-state index is 12.1. The molecule has 0 fully saturated rings. The van der Waals surface area contributed by atoms with Gasteiger partial charge in [-0.05, 0) is 19.1 Å². The number of carboxylic acid groups (broad SMARTS) is 1. The van der Waals surface area contributed by atoms with Gasteiger partial charge in [0.1, 0.15) is 6.33 Å². The number of aromatic amines is 1. The molecule has 3 rings (SSSR count). The molecule has 21 heavy (non-hydrogen) atoms. The molecular formula is C13H13N5O3. The highest BCUT2D eigenvalue weighted by Crippen LogP contribution is 2.16. The number of nitrogens with one attached hydrogen (secondary N) is 1. The predicted octanol–water partition coefficient (Wildman–Crippen LogP) is 0.687. The van der Waals surface area contributed by atoms with Crippen LogP contribution in [-0.2, 0) is 13.1 Å². The molecule has 8 nitrogen and oxygen atoms in total. The second-order valence-corrected chi connectivity index (χ2v) is 4.55. The van der Waals surface area contributed by atoms with Crippen LogP contribution in [0.4, 0.5) is 0 Å². The van der Waals surface area contributed by atoms with Crippen LogP contribution in [0.3, 0.4) is 0 Å². The highest BCUT2D eigenvalue weighted by Gasteiger charge is 2.15. The molecule has 0 amide bonds. The predicted molar refractivity (Wildman–Crippen MR) is 74.3 cm³/mol. The topological polar surface area (TPSA) is 106 Å². The van der Waals surface area contributed by atoms with Crippen molar-refractivity contribution in [2.24, 2.45) is 0 Å². The zero-order valence-electron chi connectivity index (χ0n) is 11.3. The van der Waals surface area contributed by atoms with Crippen molar-refractivity contribution in [1.82, 2.24) is 24.3 Å². The summed E-state index contributed by atoms with van der Waals surface area (Å²) >= 11 is 0. The van der Waals surface area contributed by atoms with E-state index < -0.39 is 5.97 Å². The van der Waals surface area contributed by atoms with E-state index in [1.807, 2.05) is 11.5 Å². The lowest BCUT2D eigenvalue weighted by Crippen LogP contribution is -2.19. The Hall–Kier alpha value is -2.90. The summed E-state index contributed by atoms with van der Waals surface area (Å²) in [6.07, 6.45) is 1.60. The number of hydrogen-bond acceptors (Lipinski definition) is 4. The summed E-state index contributed by atoms with van der Waals surface area (Å²) in [4.78, 5) is 25.9. The fraction of sp³-hybridized carbons (Fsp3) is 0.231. The molecule has 2 N–H and O–H groups in total. The summed E-state index contributed by atoms with van der Waals surface area (Å²) in [6, 6.07) is 4.77. The first-order valence-electron chi connectivity index (χ1n) is 6.43. The number of rotatable bonds is 4. The number of fused-ring (bicyclic) bond motifs is 1. The summed E-state index contributed by atoms with van der Waals surface area (Å²) in [7, 11) is 0. The molecule has 0 atom stereocenters. The average Bonchev–Trinajstić information content (AvgIpc) is 3.03. The van der Waals surface area contributed by atoms with Gasteiger partial charge in [0.15, 0.2) is 5.82 Å². The monoisotopic (exact) mass is 287 g/mol. The smallest absolute Gasteiger partial charge is 0.337 e. The van der Waals surface area contributed by atoms with E-state index in [0.29, 0.717) is 23.4 Å². The Morgan fingerprint density at radius 2 is 2.24 bits per heavy atom. The molecule has 3 aromatic rings. The van der Waals surface area contributed by atoms with Crippen LogP contribution in [-0.4, -0.2) is 35.4 Å². The van der Waals surface area contributed by atoms with Crippen LogP contribution in [0.5, 0.6) is 0 Å². The molecule has 1 aromatic carbocycles. The molecule has 0 aliphatic carbocycles. The van der Waals surface area contributed by atoms with Crippen molar-refractivity contribution in [2.75, 3.05) is 0 Å². The van der Waals surface area contributed by atoms with Crippen LogP contribution in [0, 0.1) is 0 Å². The van der Waals surface area contributed by atoms with E-state index in [4.69, 9.17) is 5.11 Å². The van der Waals surface area contributed by atoms with E-state index in [1.54, 1.807) is 18.5 Å². The van der Waals surface area contributed by atoms with Crippen molar-refractivity contribution in [1.29, 1.82) is 0 Å². The lowest BCUT2D eigenvalue weighted by molar-refractivity contribution is 0.0699. The summed E-state index contributed by atoms with van der Waals surface area (Å²) < 4.78 is 3.28. The van der Waals surface area contributed by atoms with Crippen molar-refractivity contribution >= 4 is 17.0 Å². The second kappa shape index (κ2) is 4.89. The number of hydrogen-bond donors (Lipinski definition) is 2. The molecule has 2 aromatic heterocycles. The van der Waals surface area contributed by atoms with Gasteiger partial charge in [0.05, 0.1) is 23.1 Å². The first kappa shape index (κ1) is 13.1. The van der Waals surface area contributed by atoms with Gasteiger partial charge in [-0.2, -0.15) is 0 Å². The Bertz CT molecular complexity index is 873. The Morgan fingerprint density at radius 3 is 2.95 bits per heavy atom. The fourth-order valence-corrected chi connectivity index (χ4v) is 2.32. The molecule has 0 aliphatic heterocycles. The molecule has 0 spiro atoms. The number of aryl methyl sites for hydroxylation is 1. The highest BCUT2D eigenvalue weighted by molar-refractivity contribution is 6.00. The molecule has 108 valence electrons. The molecule has 2 heterocycles. The number of imidazole rings is 1. The van der Waals surface area contributed by atoms with Gasteiger partial charge < -0.3 is 14.7 Å². The zero-order valence-corrected chi connectivity index (χ0v) is 11.3. The van der Waals surface area contributed by atoms with Crippen molar-refractivity contribution in [2.45, 2.75) is 20.0 Å². The maximum atomic E-state index is 12.1. The molecule has 0 radical (unpaired) electrons. The lowest BCUT2D eigenvalue weighted by Gasteiger charge is -2.05. The second-order valence-electron chi connectivity index (χ2n) is 4.55. The minimum atomic E-state index is -1.08. The fourth-order valence-electron chi connectivity index (χ4n) is 2.32. The minimum Gasteiger partial charge on any atom is -0.478 e. The molecule has 8 heteroatoms. The minimum absolute atomic E-state index is 0.0697. The van der Waals surface area contributed by atoms with E-state index in [9.17, 15) is 9.59 Å². The standard InChI is InChI=1S/C13H13N5O3/c1-2-17-7-14-16-10(17)6-18-9-5-3-4-8(12(19)20)11(9)15-13(18)21/h3-5,7H,2,6H2,1H3,(H,15,21)(H,19,20). The number of aromatic carboxylic acids is 1. The van der Waals surface area contributed by atoms with Crippen LogP contribution in [0.1, 0.15) is 23.1 Å². The van der Waals surface area contributed by atoms with Crippen LogP contribution in [0.25, 0.3) is 11.0 Å². The Balaban J connectivity index is 2.15. The third kappa shape index (κ3) is 2.10. The molecule has 0 unspecified atom stereocenters. The number of carboxylic acids is 1. The largest absolute Gasteiger partial charge is 0.478 e. The molecule has 0 aliphatic rings. The van der Waals surface area contributed by atoms with Gasteiger partial charge in [-0.1, -0.05) is 6.07 Å². The number of H-pyrrole nitrogens is 1. The number of benzene rings is 1. The molecule has 0 bridgehead atoms. The molecular weight excluding hydrogens is 274 g/mol. The number of aromatic nitrogens is 5. The first-order valence-corrected chi connectivity index (χ1v) is 6.43. The van der Waals surface area contributed by atoms with Crippen molar-refractivity contribution in [3.63, 3.8) is 0 Å². The van der Waals surface area contributed by atoms with Gasteiger partial charge in [-0.15, -0.1) is 10.2 Å². The SMILES string of the molecule is CCn1cnnc1Cn1c(=O)[nH]c2c(C(=O)O)cccc21. The first-order chi connectivity index (χ1) is 10.1. The Labute approximate surface area is 118 Å². The molecule has 0 saturated carbocycles. The van der Waals surface area contributed by atoms with Gasteiger partial charge in [-0.3, -0.25) is 4.57 Å². The summed E-state index contributed by atoms with van der Waals surface area (Å²) in [5, 5.41) is 17.0. The summed E-state index contributed by atoms with van der Waals surface area (Å²) in [5.41, 5.74) is 0.549. The van der Waals surface area contributed by atoms with Gasteiger partial charge in [0.2, 0.25) is 0 Å². The number of carbonyl (C=O) groups is 1. The number of para-hydroxylation sites is 1. The van der Waals surface area contributed by atoms with Crippen LogP contribution >= 0.6 is 0 Å². The number of nitrogens with zero attached hydrogens (tertiary/aromatic N) is 4. The van der Waals surface area contributed by atoms with Gasteiger partial charge >= 0.3 is 11.7 Å². The van der Waals surface area contributed by atoms with E-state index in [2.05, 4.69) is 15.2 Å². The summed E-state index contributed by atoms with van der Waals surface area (Å²) in [5.74, 6) is -0.438. The van der Waals surface area contributed by atoms with Crippen LogP contribution in [0.2, 0.25) is 0 Å². The Kier molecular flexibility index (Phi) is 3.05. The van der Waals surface area contributed by atoms with E-state index >= 15 is 0 Å². The summed E-state index contributed by atoms with van der Waals surface area (Å²) in [6.45, 7) is 2.88. The van der Waals surface area contributed by atoms with Crippen molar-refractivity contribution in [3.8, 4) is 0 Å². The van der Waals surface area contributed by atoms with E-state index in [-0.39, 0.29) is 17.8 Å². The van der Waals surface area contributed by atoms with Crippen molar-refractivity contribution < 1.29 is 9.90 Å².